The molecule has 0 aliphatic carbocycles. The van der Waals surface area contributed by atoms with Crippen molar-refractivity contribution >= 4 is 26.5 Å². The van der Waals surface area contributed by atoms with Crippen molar-refractivity contribution in [3.05, 3.63) is 60.7 Å². The summed E-state index contributed by atoms with van der Waals surface area (Å²) in [6.07, 6.45) is 5.75. The molecule has 2 aromatic rings. The van der Waals surface area contributed by atoms with Gasteiger partial charge in [-0.05, 0) is 54.5 Å². The van der Waals surface area contributed by atoms with Crippen molar-refractivity contribution in [1.82, 2.24) is 0 Å². The molecule has 3 rings (SSSR count). The van der Waals surface area contributed by atoms with E-state index in [0.29, 0.717) is 5.16 Å². The van der Waals surface area contributed by atoms with Gasteiger partial charge in [0.05, 0.1) is 0 Å². The standard InChI is InChI=1S/C21H28P2/c1-21(2,3)23-16-10-15-20(23)17-22(18-11-6-4-7-12-18)19-13-8-5-9-14-19/h4-9,11-14,20H,10,15-17H2,1-3H3/t20-,23-/m1/s1. The van der Waals surface area contributed by atoms with Gasteiger partial charge in [0, 0.05) is 0 Å². The fourth-order valence-corrected chi connectivity index (χ4v) is 10.5. The zero-order valence-corrected chi connectivity index (χ0v) is 16.4. The summed E-state index contributed by atoms with van der Waals surface area (Å²) in [5.74, 6) is 0. The van der Waals surface area contributed by atoms with E-state index in [-0.39, 0.29) is 15.8 Å². The largest absolute Gasteiger partial charge is 0.0976 e. The topological polar surface area (TPSA) is 0 Å². The minimum atomic E-state index is -0.219. The Bertz CT molecular complexity index is 561. The van der Waals surface area contributed by atoms with E-state index in [9.17, 15) is 0 Å². The van der Waals surface area contributed by atoms with Gasteiger partial charge in [-0.25, -0.2) is 0 Å². The Morgan fingerprint density at radius 2 is 1.43 bits per heavy atom. The molecular weight excluding hydrogens is 314 g/mol. The summed E-state index contributed by atoms with van der Waals surface area (Å²) in [7, 11) is -0.0661. The van der Waals surface area contributed by atoms with Crippen LogP contribution in [0.2, 0.25) is 0 Å². The Hall–Kier alpha value is -0.700. The van der Waals surface area contributed by atoms with Crippen LogP contribution in [0.1, 0.15) is 33.6 Å². The van der Waals surface area contributed by atoms with Gasteiger partial charge in [-0.3, -0.25) is 0 Å². The molecule has 0 saturated carbocycles. The van der Waals surface area contributed by atoms with Crippen LogP contribution in [0.3, 0.4) is 0 Å². The first kappa shape index (κ1) is 17.1. The van der Waals surface area contributed by atoms with Gasteiger partial charge in [0.2, 0.25) is 0 Å². The van der Waals surface area contributed by atoms with Crippen molar-refractivity contribution in [2.45, 2.75) is 44.4 Å². The molecule has 0 unspecified atom stereocenters. The van der Waals surface area contributed by atoms with Crippen LogP contribution >= 0.6 is 15.8 Å². The van der Waals surface area contributed by atoms with Gasteiger partial charge < -0.3 is 0 Å². The Labute approximate surface area is 144 Å². The maximum Gasteiger partial charge on any atom is -0.0159 e. The first-order valence-electron chi connectivity index (χ1n) is 8.70. The molecule has 1 heterocycles. The third kappa shape index (κ3) is 4.23. The molecule has 23 heavy (non-hydrogen) atoms. The van der Waals surface area contributed by atoms with Crippen molar-refractivity contribution in [3.8, 4) is 0 Å². The van der Waals surface area contributed by atoms with Crippen LogP contribution in [0.15, 0.2) is 60.7 Å². The van der Waals surface area contributed by atoms with Gasteiger partial charge >= 0.3 is 0 Å². The van der Waals surface area contributed by atoms with E-state index in [2.05, 4.69) is 81.4 Å². The molecule has 2 heteroatoms. The van der Waals surface area contributed by atoms with Crippen LogP contribution in [0, 0.1) is 0 Å². The van der Waals surface area contributed by atoms with E-state index in [4.69, 9.17) is 0 Å². The second kappa shape index (κ2) is 7.46. The summed E-state index contributed by atoms with van der Waals surface area (Å²) < 4.78 is 0. The smallest absolute Gasteiger partial charge is 0.0159 e. The lowest BCUT2D eigenvalue weighted by molar-refractivity contribution is 0.770. The Balaban J connectivity index is 1.88. The second-order valence-electron chi connectivity index (χ2n) is 7.44. The highest BCUT2D eigenvalue weighted by Crippen LogP contribution is 2.61. The third-order valence-electron chi connectivity index (χ3n) is 4.77. The van der Waals surface area contributed by atoms with Crippen LogP contribution < -0.4 is 10.6 Å². The van der Waals surface area contributed by atoms with Crippen LogP contribution in [-0.2, 0) is 0 Å². The summed E-state index contributed by atoms with van der Waals surface area (Å²) >= 11 is 0. The lowest BCUT2D eigenvalue weighted by Gasteiger charge is -2.35. The summed E-state index contributed by atoms with van der Waals surface area (Å²) in [5, 5.41) is 3.60. The van der Waals surface area contributed by atoms with Crippen LogP contribution in [-0.4, -0.2) is 23.1 Å². The predicted molar refractivity (Wildman–Crippen MR) is 109 cm³/mol. The Morgan fingerprint density at radius 1 is 0.913 bits per heavy atom. The average molecular weight is 342 g/mol. The van der Waals surface area contributed by atoms with Gasteiger partial charge in [0.15, 0.2) is 0 Å². The first-order valence-corrected chi connectivity index (χ1v) is 11.8. The zero-order chi connectivity index (χ0) is 16.3. The van der Waals surface area contributed by atoms with Crippen molar-refractivity contribution in [3.63, 3.8) is 0 Å². The molecule has 1 aliphatic rings. The molecule has 122 valence electrons. The van der Waals surface area contributed by atoms with Crippen molar-refractivity contribution in [1.29, 1.82) is 0 Å². The molecule has 2 atom stereocenters. The SMILES string of the molecule is CC(C)(C)[P@]1CCC[C@@H]1CP(c1ccccc1)c1ccccc1. The Kier molecular flexibility index (Phi) is 5.56. The molecule has 0 N–H and O–H groups in total. The van der Waals surface area contributed by atoms with E-state index in [1.807, 2.05) is 0 Å². The van der Waals surface area contributed by atoms with E-state index >= 15 is 0 Å². The molecule has 0 aromatic heterocycles. The van der Waals surface area contributed by atoms with Crippen LogP contribution in [0.5, 0.6) is 0 Å². The molecule has 1 saturated heterocycles. The molecule has 0 spiro atoms. The molecule has 0 amide bonds. The summed E-state index contributed by atoms with van der Waals surface area (Å²) in [5.41, 5.74) is 0.941. The van der Waals surface area contributed by atoms with Crippen molar-refractivity contribution in [2.24, 2.45) is 0 Å². The monoisotopic (exact) mass is 342 g/mol. The summed E-state index contributed by atoms with van der Waals surface area (Å²) in [6.45, 7) is 7.39. The second-order valence-corrected chi connectivity index (χ2v) is 13.2. The minimum Gasteiger partial charge on any atom is -0.0976 e. The van der Waals surface area contributed by atoms with E-state index in [1.165, 1.54) is 25.2 Å². The highest BCUT2D eigenvalue weighted by atomic mass is 31.1. The normalized spacial score (nSPS) is 21.7. The lowest BCUT2D eigenvalue weighted by atomic mass is 10.3. The quantitative estimate of drug-likeness (QED) is 0.638. The van der Waals surface area contributed by atoms with Gasteiger partial charge in [-0.1, -0.05) is 89.4 Å². The molecule has 0 bridgehead atoms. The van der Waals surface area contributed by atoms with E-state index in [0.717, 1.165) is 5.66 Å². The van der Waals surface area contributed by atoms with E-state index < -0.39 is 0 Å². The molecule has 1 aliphatic heterocycles. The Morgan fingerprint density at radius 3 is 1.91 bits per heavy atom. The maximum absolute atomic E-state index is 2.46. The number of benzene rings is 2. The van der Waals surface area contributed by atoms with Gasteiger partial charge in [0.25, 0.3) is 0 Å². The highest BCUT2D eigenvalue weighted by Gasteiger charge is 2.36. The van der Waals surface area contributed by atoms with Crippen molar-refractivity contribution in [2.75, 3.05) is 12.3 Å². The molecule has 0 nitrogen and oxygen atoms in total. The van der Waals surface area contributed by atoms with Gasteiger partial charge in [-0.2, -0.15) is 0 Å². The molecule has 1 fully saturated rings. The number of rotatable bonds is 4. The molecule has 0 radical (unpaired) electrons. The van der Waals surface area contributed by atoms with Gasteiger partial charge in [-0.15, -0.1) is 0 Å². The predicted octanol–water partition coefficient (Wildman–Crippen LogP) is 5.56. The van der Waals surface area contributed by atoms with Crippen LogP contribution in [0.25, 0.3) is 0 Å². The third-order valence-corrected chi connectivity index (χ3v) is 11.5. The first-order chi connectivity index (χ1) is 11.1. The highest BCUT2D eigenvalue weighted by molar-refractivity contribution is 7.74. The maximum atomic E-state index is 2.46. The summed E-state index contributed by atoms with van der Waals surface area (Å²) in [6, 6.07) is 22.5. The minimum absolute atomic E-state index is 0.153. The van der Waals surface area contributed by atoms with Gasteiger partial charge in [0.1, 0.15) is 0 Å². The van der Waals surface area contributed by atoms with E-state index in [1.54, 1.807) is 10.6 Å². The lowest BCUT2D eigenvalue weighted by Crippen LogP contribution is -2.24. The number of hydrogen-bond acceptors (Lipinski definition) is 0. The average Bonchev–Trinajstić information content (AvgIpc) is 3.03. The number of hydrogen-bond donors (Lipinski definition) is 0. The zero-order valence-electron chi connectivity index (χ0n) is 14.6. The van der Waals surface area contributed by atoms with Crippen molar-refractivity contribution < 1.29 is 0 Å². The van der Waals surface area contributed by atoms with Crippen LogP contribution in [0.4, 0.5) is 0 Å². The summed E-state index contributed by atoms with van der Waals surface area (Å²) in [4.78, 5) is 0. The molecular formula is C21H28P2. The fourth-order valence-electron chi connectivity index (χ4n) is 3.70. The molecule has 2 aromatic carbocycles. The fraction of sp³-hybridized carbons (Fsp3) is 0.429.